The Bertz CT molecular complexity index is 251. The van der Waals surface area contributed by atoms with Crippen LogP contribution in [0.15, 0.2) is 0 Å². The number of nitrogens with zero attached hydrogens (tertiary/aromatic N) is 1. The molecular formula is C7H14INO2S. The van der Waals surface area contributed by atoms with Crippen LogP contribution in [0.25, 0.3) is 0 Å². The summed E-state index contributed by atoms with van der Waals surface area (Å²) in [4.78, 5) is 0. The zero-order valence-corrected chi connectivity index (χ0v) is 10.4. The first kappa shape index (κ1) is 10.7. The van der Waals surface area contributed by atoms with Crippen molar-refractivity contribution in [2.24, 2.45) is 0 Å². The summed E-state index contributed by atoms with van der Waals surface area (Å²) in [5, 5.41) is 0. The number of halogens is 1. The van der Waals surface area contributed by atoms with Crippen molar-refractivity contribution in [1.82, 2.24) is 4.31 Å². The molecule has 0 aromatic rings. The van der Waals surface area contributed by atoms with Crippen molar-refractivity contribution in [3.63, 3.8) is 0 Å². The highest BCUT2D eigenvalue weighted by Crippen LogP contribution is 2.31. The van der Waals surface area contributed by atoms with E-state index in [9.17, 15) is 8.42 Å². The highest BCUT2D eigenvalue weighted by molar-refractivity contribution is 14.1. The van der Waals surface area contributed by atoms with Crippen LogP contribution in [0.4, 0.5) is 0 Å². The summed E-state index contributed by atoms with van der Waals surface area (Å²) in [6.07, 6.45) is 3.20. The smallest absolute Gasteiger partial charge is 0.211 e. The molecule has 1 heterocycles. The SMILES string of the molecule is CC1(I)CCN(S(C)(=O)=O)CC1. The second-order valence-electron chi connectivity index (χ2n) is 3.58. The molecule has 0 atom stereocenters. The van der Waals surface area contributed by atoms with E-state index >= 15 is 0 Å². The van der Waals surface area contributed by atoms with Gasteiger partial charge in [-0.15, -0.1) is 0 Å². The standard InChI is InChI=1S/C7H14INO2S/c1-7(8)3-5-9(6-4-7)12(2,10)11/h3-6H2,1-2H3. The van der Waals surface area contributed by atoms with Crippen LogP contribution in [0.5, 0.6) is 0 Å². The monoisotopic (exact) mass is 303 g/mol. The predicted octanol–water partition coefficient (Wildman–Crippen LogP) is 1.24. The van der Waals surface area contributed by atoms with Crippen molar-refractivity contribution in [2.75, 3.05) is 19.3 Å². The number of alkyl halides is 1. The summed E-state index contributed by atoms with van der Waals surface area (Å²) >= 11 is 2.41. The van der Waals surface area contributed by atoms with Crippen LogP contribution in [0.2, 0.25) is 0 Å². The molecule has 1 rings (SSSR count). The number of hydrogen-bond donors (Lipinski definition) is 0. The van der Waals surface area contributed by atoms with Gasteiger partial charge in [0.15, 0.2) is 0 Å². The van der Waals surface area contributed by atoms with Crippen LogP contribution in [0, 0.1) is 0 Å². The van der Waals surface area contributed by atoms with E-state index in [1.807, 2.05) is 0 Å². The molecule has 0 aromatic heterocycles. The lowest BCUT2D eigenvalue weighted by atomic mass is 10.0. The molecule has 0 spiro atoms. The second-order valence-corrected chi connectivity index (χ2v) is 8.16. The van der Waals surface area contributed by atoms with Gasteiger partial charge in [0.1, 0.15) is 0 Å². The molecule has 1 aliphatic heterocycles. The molecule has 0 N–H and O–H groups in total. The van der Waals surface area contributed by atoms with Gasteiger partial charge in [0.05, 0.1) is 6.26 Å². The molecule has 0 bridgehead atoms. The molecule has 1 fully saturated rings. The summed E-state index contributed by atoms with van der Waals surface area (Å²) in [7, 11) is -2.95. The van der Waals surface area contributed by atoms with E-state index in [0.717, 1.165) is 12.8 Å². The van der Waals surface area contributed by atoms with Gasteiger partial charge < -0.3 is 0 Å². The first-order valence-electron chi connectivity index (χ1n) is 3.95. The van der Waals surface area contributed by atoms with Crippen molar-refractivity contribution in [3.05, 3.63) is 0 Å². The molecule has 3 nitrogen and oxygen atoms in total. The van der Waals surface area contributed by atoms with E-state index in [0.29, 0.717) is 16.5 Å². The van der Waals surface area contributed by atoms with E-state index in [2.05, 4.69) is 29.5 Å². The third kappa shape index (κ3) is 2.85. The quantitative estimate of drug-likeness (QED) is 0.540. The summed E-state index contributed by atoms with van der Waals surface area (Å²) in [6.45, 7) is 3.53. The summed E-state index contributed by atoms with van der Waals surface area (Å²) in [5.41, 5.74) is 0. The largest absolute Gasteiger partial charge is 0.213 e. The zero-order chi connectivity index (χ0) is 9.41. The Labute approximate surface area is 87.7 Å². The van der Waals surface area contributed by atoms with Gasteiger partial charge in [-0.2, -0.15) is 0 Å². The summed E-state index contributed by atoms with van der Waals surface area (Å²) in [6, 6.07) is 0. The molecule has 0 amide bonds. The Morgan fingerprint density at radius 1 is 1.33 bits per heavy atom. The van der Waals surface area contributed by atoms with Crippen molar-refractivity contribution in [1.29, 1.82) is 0 Å². The minimum atomic E-state index is -2.95. The molecule has 5 heteroatoms. The summed E-state index contributed by atoms with van der Waals surface area (Å²) in [5.74, 6) is 0. The van der Waals surface area contributed by atoms with Gasteiger partial charge in [0.25, 0.3) is 0 Å². The van der Waals surface area contributed by atoms with Gasteiger partial charge in [0.2, 0.25) is 10.0 Å². The van der Waals surface area contributed by atoms with E-state index < -0.39 is 10.0 Å². The van der Waals surface area contributed by atoms with Gasteiger partial charge in [-0.25, -0.2) is 12.7 Å². The first-order valence-corrected chi connectivity index (χ1v) is 6.88. The minimum absolute atomic E-state index is 0.291. The molecule has 0 radical (unpaired) electrons. The maximum Gasteiger partial charge on any atom is 0.211 e. The van der Waals surface area contributed by atoms with Gasteiger partial charge >= 0.3 is 0 Å². The van der Waals surface area contributed by atoms with Crippen LogP contribution in [0.3, 0.4) is 0 Å². The third-order valence-corrected chi connectivity index (χ3v) is 4.62. The van der Waals surface area contributed by atoms with Crippen LogP contribution >= 0.6 is 22.6 Å². The van der Waals surface area contributed by atoms with E-state index in [1.165, 1.54) is 6.26 Å². The second kappa shape index (κ2) is 3.42. The normalized spacial score (nSPS) is 25.6. The topological polar surface area (TPSA) is 37.4 Å². The molecule has 72 valence electrons. The van der Waals surface area contributed by atoms with Crippen LogP contribution < -0.4 is 0 Å². The van der Waals surface area contributed by atoms with Gasteiger partial charge in [-0.3, -0.25) is 0 Å². The molecule has 0 aliphatic carbocycles. The van der Waals surface area contributed by atoms with Gasteiger partial charge in [0, 0.05) is 16.5 Å². The number of rotatable bonds is 1. The Hall–Kier alpha value is 0.640. The lowest BCUT2D eigenvalue weighted by molar-refractivity contribution is 0.320. The van der Waals surface area contributed by atoms with Crippen molar-refractivity contribution in [3.8, 4) is 0 Å². The minimum Gasteiger partial charge on any atom is -0.213 e. The Kier molecular flexibility index (Phi) is 3.05. The van der Waals surface area contributed by atoms with E-state index in [4.69, 9.17) is 0 Å². The highest BCUT2D eigenvalue weighted by Gasteiger charge is 2.30. The molecule has 0 saturated carbocycles. The lowest BCUT2D eigenvalue weighted by Gasteiger charge is -2.33. The molecule has 0 aromatic carbocycles. The van der Waals surface area contributed by atoms with Gasteiger partial charge in [-0.05, 0) is 12.8 Å². The lowest BCUT2D eigenvalue weighted by Crippen LogP contribution is -2.41. The first-order chi connectivity index (χ1) is 5.31. The van der Waals surface area contributed by atoms with Crippen molar-refractivity contribution < 1.29 is 8.42 Å². The fourth-order valence-electron chi connectivity index (χ4n) is 1.28. The predicted molar refractivity (Wildman–Crippen MR) is 58.1 cm³/mol. The average Bonchev–Trinajstić information content (AvgIpc) is 1.83. The van der Waals surface area contributed by atoms with E-state index in [-0.39, 0.29) is 0 Å². The Morgan fingerprint density at radius 3 is 2.08 bits per heavy atom. The Balaban J connectivity index is 2.59. The average molecular weight is 303 g/mol. The highest BCUT2D eigenvalue weighted by atomic mass is 127. The number of sulfonamides is 1. The molecular weight excluding hydrogens is 289 g/mol. The van der Waals surface area contributed by atoms with Crippen LogP contribution in [-0.2, 0) is 10.0 Å². The van der Waals surface area contributed by atoms with Crippen molar-refractivity contribution >= 4 is 32.6 Å². The van der Waals surface area contributed by atoms with Crippen molar-refractivity contribution in [2.45, 2.75) is 23.2 Å². The molecule has 12 heavy (non-hydrogen) atoms. The maximum atomic E-state index is 11.1. The molecule has 1 saturated heterocycles. The number of piperidine rings is 1. The Morgan fingerprint density at radius 2 is 1.75 bits per heavy atom. The van der Waals surface area contributed by atoms with E-state index in [1.54, 1.807) is 4.31 Å². The third-order valence-electron chi connectivity index (χ3n) is 2.23. The summed E-state index contributed by atoms with van der Waals surface area (Å²) < 4.78 is 24.1. The van der Waals surface area contributed by atoms with Gasteiger partial charge in [-0.1, -0.05) is 29.5 Å². The number of hydrogen-bond acceptors (Lipinski definition) is 2. The van der Waals surface area contributed by atoms with Crippen LogP contribution in [-0.4, -0.2) is 35.5 Å². The van der Waals surface area contributed by atoms with Crippen LogP contribution in [0.1, 0.15) is 19.8 Å². The fraction of sp³-hybridized carbons (Fsp3) is 1.00. The molecule has 0 unspecified atom stereocenters. The maximum absolute atomic E-state index is 11.1. The zero-order valence-electron chi connectivity index (χ0n) is 7.38. The molecule has 1 aliphatic rings. The fourth-order valence-corrected chi connectivity index (χ4v) is 2.61.